The molecule has 0 spiro atoms. The van der Waals surface area contributed by atoms with E-state index in [1.54, 1.807) is 7.11 Å². The molecule has 4 heteroatoms. The van der Waals surface area contributed by atoms with E-state index in [0.717, 1.165) is 9.90 Å². The molecule has 0 aliphatic rings. The number of methoxy groups -OCH3 is 1. The van der Waals surface area contributed by atoms with Crippen LogP contribution in [0, 0.1) is 0 Å². The zero-order chi connectivity index (χ0) is 8.27. The molecule has 1 atom stereocenters. The van der Waals surface area contributed by atoms with E-state index < -0.39 is 0 Å². The molecule has 2 nitrogen and oxygen atoms in total. The highest BCUT2D eigenvalue weighted by atomic mass is 35.5. The molecule has 11 heavy (non-hydrogen) atoms. The molecular formula is C7H10ClNOS. The summed E-state index contributed by atoms with van der Waals surface area (Å²) in [6, 6.07) is 1.94. The summed E-state index contributed by atoms with van der Waals surface area (Å²) < 4.78 is 5.89. The molecule has 1 aromatic rings. The SMILES string of the molecule is COC(CN)c1ccsc1Cl. The number of rotatable bonds is 3. The lowest BCUT2D eigenvalue weighted by Gasteiger charge is -2.10. The number of nitrogens with two attached hydrogens (primary N) is 1. The van der Waals surface area contributed by atoms with Crippen LogP contribution in [0.25, 0.3) is 0 Å². The smallest absolute Gasteiger partial charge is 0.0987 e. The molecule has 1 rings (SSSR count). The number of ether oxygens (including phenoxy) is 1. The van der Waals surface area contributed by atoms with Gasteiger partial charge in [0.15, 0.2) is 0 Å². The van der Waals surface area contributed by atoms with Crippen LogP contribution in [0.1, 0.15) is 11.7 Å². The molecule has 0 fully saturated rings. The molecular weight excluding hydrogens is 182 g/mol. The Bertz CT molecular complexity index is 222. The van der Waals surface area contributed by atoms with Gasteiger partial charge in [0.05, 0.1) is 10.4 Å². The van der Waals surface area contributed by atoms with Gasteiger partial charge in [-0.05, 0) is 11.4 Å². The van der Waals surface area contributed by atoms with Crippen LogP contribution in [0.3, 0.4) is 0 Å². The van der Waals surface area contributed by atoms with Crippen molar-refractivity contribution in [2.24, 2.45) is 5.73 Å². The first-order valence-corrected chi connectivity index (χ1v) is 4.51. The van der Waals surface area contributed by atoms with Crippen molar-refractivity contribution in [2.45, 2.75) is 6.10 Å². The third-order valence-corrected chi connectivity index (χ3v) is 2.69. The van der Waals surface area contributed by atoms with Crippen molar-refractivity contribution in [1.82, 2.24) is 0 Å². The fourth-order valence-corrected chi connectivity index (χ4v) is 1.89. The third-order valence-electron chi connectivity index (χ3n) is 1.49. The van der Waals surface area contributed by atoms with Crippen LogP contribution >= 0.6 is 22.9 Å². The third kappa shape index (κ3) is 1.93. The lowest BCUT2D eigenvalue weighted by atomic mass is 10.2. The Morgan fingerprint density at radius 1 is 1.82 bits per heavy atom. The second kappa shape index (κ2) is 4.07. The summed E-state index contributed by atoms with van der Waals surface area (Å²) in [5, 5.41) is 1.93. The van der Waals surface area contributed by atoms with Gasteiger partial charge in [-0.1, -0.05) is 11.6 Å². The lowest BCUT2D eigenvalue weighted by molar-refractivity contribution is 0.111. The Balaban J connectivity index is 2.81. The number of halogens is 1. The number of hydrogen-bond donors (Lipinski definition) is 1. The maximum atomic E-state index is 5.88. The zero-order valence-corrected chi connectivity index (χ0v) is 7.78. The average molecular weight is 192 g/mol. The number of hydrogen-bond acceptors (Lipinski definition) is 3. The molecule has 0 bridgehead atoms. The van der Waals surface area contributed by atoms with Crippen LogP contribution < -0.4 is 5.73 Å². The first-order valence-electron chi connectivity index (χ1n) is 3.25. The normalized spacial score (nSPS) is 13.4. The quantitative estimate of drug-likeness (QED) is 0.794. The standard InChI is InChI=1S/C7H10ClNOS/c1-10-6(4-9)5-2-3-11-7(5)8/h2-3,6H,4,9H2,1H3. The van der Waals surface area contributed by atoms with Gasteiger partial charge in [0, 0.05) is 19.2 Å². The topological polar surface area (TPSA) is 35.2 Å². The summed E-state index contributed by atoms with van der Waals surface area (Å²) in [5.74, 6) is 0. The zero-order valence-electron chi connectivity index (χ0n) is 6.21. The van der Waals surface area contributed by atoms with Gasteiger partial charge in [0.1, 0.15) is 0 Å². The minimum atomic E-state index is -0.0613. The largest absolute Gasteiger partial charge is 0.375 e. The Morgan fingerprint density at radius 3 is 2.91 bits per heavy atom. The van der Waals surface area contributed by atoms with E-state index in [4.69, 9.17) is 22.1 Å². The van der Waals surface area contributed by atoms with E-state index in [0.29, 0.717) is 6.54 Å². The predicted molar refractivity (Wildman–Crippen MR) is 48.1 cm³/mol. The summed E-state index contributed by atoms with van der Waals surface area (Å²) in [6.45, 7) is 0.465. The molecule has 0 aliphatic carbocycles. The highest BCUT2D eigenvalue weighted by Gasteiger charge is 2.12. The first kappa shape index (κ1) is 9.00. The molecule has 0 radical (unpaired) electrons. The maximum Gasteiger partial charge on any atom is 0.0987 e. The van der Waals surface area contributed by atoms with Gasteiger partial charge in [-0.25, -0.2) is 0 Å². The van der Waals surface area contributed by atoms with Gasteiger partial charge in [0.2, 0.25) is 0 Å². The van der Waals surface area contributed by atoms with Gasteiger partial charge < -0.3 is 10.5 Å². The summed E-state index contributed by atoms with van der Waals surface area (Å²) in [5.41, 5.74) is 6.45. The van der Waals surface area contributed by atoms with Crippen molar-refractivity contribution in [3.05, 3.63) is 21.3 Å². The Hall–Kier alpha value is -0.0900. The molecule has 0 saturated heterocycles. The molecule has 0 amide bonds. The van der Waals surface area contributed by atoms with Crippen LogP contribution in [-0.4, -0.2) is 13.7 Å². The fraction of sp³-hybridized carbons (Fsp3) is 0.429. The van der Waals surface area contributed by atoms with E-state index in [9.17, 15) is 0 Å². The maximum absolute atomic E-state index is 5.88. The second-order valence-electron chi connectivity index (χ2n) is 2.11. The molecule has 1 unspecified atom stereocenters. The van der Waals surface area contributed by atoms with Gasteiger partial charge in [-0.15, -0.1) is 11.3 Å². The van der Waals surface area contributed by atoms with Gasteiger partial charge in [-0.3, -0.25) is 0 Å². The minimum Gasteiger partial charge on any atom is -0.375 e. The summed E-state index contributed by atoms with van der Waals surface area (Å²) >= 11 is 7.37. The van der Waals surface area contributed by atoms with Gasteiger partial charge >= 0.3 is 0 Å². The summed E-state index contributed by atoms with van der Waals surface area (Å²) in [4.78, 5) is 0. The highest BCUT2D eigenvalue weighted by molar-refractivity contribution is 7.14. The molecule has 1 heterocycles. The molecule has 0 aliphatic heterocycles. The molecule has 1 aromatic heterocycles. The van der Waals surface area contributed by atoms with Crippen molar-refractivity contribution in [2.75, 3.05) is 13.7 Å². The van der Waals surface area contributed by atoms with Crippen molar-refractivity contribution >= 4 is 22.9 Å². The van der Waals surface area contributed by atoms with Crippen molar-refractivity contribution in [3.63, 3.8) is 0 Å². The van der Waals surface area contributed by atoms with E-state index in [-0.39, 0.29) is 6.10 Å². The fourth-order valence-electron chi connectivity index (χ4n) is 0.885. The van der Waals surface area contributed by atoms with E-state index in [1.165, 1.54) is 11.3 Å². The van der Waals surface area contributed by atoms with Crippen LogP contribution in [0.15, 0.2) is 11.4 Å². The van der Waals surface area contributed by atoms with Crippen LogP contribution in [0.2, 0.25) is 4.34 Å². The van der Waals surface area contributed by atoms with E-state index in [1.807, 2.05) is 11.4 Å². The first-order chi connectivity index (χ1) is 5.29. The van der Waals surface area contributed by atoms with Gasteiger partial charge in [-0.2, -0.15) is 0 Å². The van der Waals surface area contributed by atoms with Gasteiger partial charge in [0.25, 0.3) is 0 Å². The average Bonchev–Trinajstić information content (AvgIpc) is 2.40. The van der Waals surface area contributed by atoms with Crippen LogP contribution in [0.4, 0.5) is 0 Å². The predicted octanol–water partition coefficient (Wildman–Crippen LogP) is 2.05. The molecule has 2 N–H and O–H groups in total. The summed E-state index contributed by atoms with van der Waals surface area (Å²) in [6.07, 6.45) is -0.0613. The Labute approximate surface area is 74.9 Å². The van der Waals surface area contributed by atoms with Crippen molar-refractivity contribution in [3.8, 4) is 0 Å². The Morgan fingerprint density at radius 2 is 2.55 bits per heavy atom. The molecule has 0 saturated carbocycles. The number of thiophene rings is 1. The van der Waals surface area contributed by atoms with Crippen molar-refractivity contribution < 1.29 is 4.74 Å². The molecule has 62 valence electrons. The summed E-state index contributed by atoms with van der Waals surface area (Å²) in [7, 11) is 1.63. The van der Waals surface area contributed by atoms with Crippen LogP contribution in [0.5, 0.6) is 0 Å². The van der Waals surface area contributed by atoms with Crippen molar-refractivity contribution in [1.29, 1.82) is 0 Å². The highest BCUT2D eigenvalue weighted by Crippen LogP contribution is 2.29. The lowest BCUT2D eigenvalue weighted by Crippen LogP contribution is -2.13. The van der Waals surface area contributed by atoms with E-state index >= 15 is 0 Å². The minimum absolute atomic E-state index is 0.0613. The van der Waals surface area contributed by atoms with E-state index in [2.05, 4.69) is 0 Å². The molecule has 0 aromatic carbocycles. The monoisotopic (exact) mass is 191 g/mol. The Kier molecular flexibility index (Phi) is 3.33. The second-order valence-corrected chi connectivity index (χ2v) is 3.63. The van der Waals surface area contributed by atoms with Crippen LogP contribution in [-0.2, 0) is 4.74 Å².